The molecule has 0 aromatic carbocycles. The molecule has 0 N–H and O–H groups in total. The number of hydrogen-bond donors (Lipinski definition) is 0. The topological polar surface area (TPSA) is 0 Å². The SMILES string of the molecule is Brc1cscc1Br.C#C[Si](C)(C)C.C[Si](C)(C)C#Cc1cscc1C#C[Si](C)(C)C. The lowest BCUT2D eigenvalue weighted by molar-refractivity contribution is 1.73. The molecule has 0 atom stereocenters. The molecule has 0 aliphatic rings. The Hall–Kier alpha value is -0.309. The second kappa shape index (κ2) is 13.3. The van der Waals surface area contributed by atoms with Crippen molar-refractivity contribution in [2.45, 2.75) is 58.9 Å². The molecule has 0 bridgehead atoms. The fourth-order valence-electron chi connectivity index (χ4n) is 1.27. The molecule has 0 fully saturated rings. The summed E-state index contributed by atoms with van der Waals surface area (Å²) in [5, 5.41) is 8.29. The van der Waals surface area contributed by atoms with Crippen LogP contribution in [-0.2, 0) is 0 Å². The molecular formula is C23H32Br2S2Si3. The molecule has 0 spiro atoms. The number of thiophene rings is 2. The molecule has 2 aromatic heterocycles. The predicted molar refractivity (Wildman–Crippen MR) is 157 cm³/mol. The summed E-state index contributed by atoms with van der Waals surface area (Å²) in [4.78, 5) is 0. The summed E-state index contributed by atoms with van der Waals surface area (Å²) >= 11 is 10.0. The van der Waals surface area contributed by atoms with Gasteiger partial charge in [0.15, 0.2) is 0 Å². The van der Waals surface area contributed by atoms with Crippen molar-refractivity contribution in [3.63, 3.8) is 0 Å². The van der Waals surface area contributed by atoms with Crippen molar-refractivity contribution < 1.29 is 0 Å². The van der Waals surface area contributed by atoms with Crippen LogP contribution in [0.2, 0.25) is 58.9 Å². The van der Waals surface area contributed by atoms with Crippen LogP contribution in [0.4, 0.5) is 0 Å². The van der Waals surface area contributed by atoms with Gasteiger partial charge in [-0.25, -0.2) is 0 Å². The molecule has 0 saturated carbocycles. The predicted octanol–water partition coefficient (Wildman–Crippen LogP) is 8.98. The lowest BCUT2D eigenvalue weighted by atomic mass is 10.2. The van der Waals surface area contributed by atoms with E-state index in [1.54, 1.807) is 22.7 Å². The Bertz CT molecular complexity index is 892. The number of rotatable bonds is 0. The van der Waals surface area contributed by atoms with E-state index in [0.29, 0.717) is 0 Å². The molecule has 2 heterocycles. The number of halogens is 2. The summed E-state index contributed by atoms with van der Waals surface area (Å²) < 4.78 is 2.27. The van der Waals surface area contributed by atoms with Gasteiger partial charge in [-0.05, 0) is 31.9 Å². The van der Waals surface area contributed by atoms with Crippen LogP contribution < -0.4 is 0 Å². The summed E-state index contributed by atoms with van der Waals surface area (Å²) in [7, 11) is -3.69. The van der Waals surface area contributed by atoms with Gasteiger partial charge in [0.2, 0.25) is 0 Å². The van der Waals surface area contributed by atoms with Crippen LogP contribution in [0.1, 0.15) is 11.1 Å². The zero-order chi connectivity index (χ0) is 23.6. The first-order valence-corrected chi connectivity index (χ1v) is 23.5. The minimum Gasteiger partial charge on any atom is -0.150 e. The Morgan fingerprint density at radius 2 is 0.933 bits per heavy atom. The minimum absolute atomic E-state index is 1.10. The average molecular weight is 617 g/mol. The van der Waals surface area contributed by atoms with Crippen molar-refractivity contribution in [3.05, 3.63) is 41.6 Å². The summed E-state index contributed by atoms with van der Waals surface area (Å²) in [5.41, 5.74) is 11.8. The maximum atomic E-state index is 5.12. The Morgan fingerprint density at radius 1 is 0.633 bits per heavy atom. The van der Waals surface area contributed by atoms with Crippen molar-refractivity contribution in [1.29, 1.82) is 0 Å². The largest absolute Gasteiger partial charge is 0.150 e. The fourth-order valence-corrected chi connectivity index (χ4v) is 4.74. The lowest BCUT2D eigenvalue weighted by Gasteiger charge is -2.04. The van der Waals surface area contributed by atoms with Crippen molar-refractivity contribution in [2.75, 3.05) is 0 Å². The Labute approximate surface area is 212 Å². The van der Waals surface area contributed by atoms with E-state index in [0.717, 1.165) is 20.1 Å². The smallest absolute Gasteiger partial charge is 0.129 e. The normalized spacial score (nSPS) is 10.6. The van der Waals surface area contributed by atoms with Gasteiger partial charge >= 0.3 is 0 Å². The second-order valence-electron chi connectivity index (χ2n) is 9.66. The zero-order valence-corrected chi connectivity index (χ0v) is 27.3. The molecule has 0 aliphatic carbocycles. The summed E-state index contributed by atoms with van der Waals surface area (Å²) in [5.74, 6) is 6.61. The van der Waals surface area contributed by atoms with Gasteiger partial charge in [0.25, 0.3) is 0 Å². The standard InChI is InChI=1S/C14H20SSi2.C5H10Si.C4H2Br2S/c1-16(2,3)9-7-13-11-15-12-14(13)8-10-17(4,5)6;1-5-6(2,3)4;5-3-1-7-2-4(3)6/h11-12H,1-6H3;1H,2-4H3;1-2H. The van der Waals surface area contributed by atoms with Crippen molar-refractivity contribution in [1.82, 2.24) is 0 Å². The van der Waals surface area contributed by atoms with E-state index in [1.165, 1.54) is 0 Å². The molecule has 0 nitrogen and oxygen atoms in total. The van der Waals surface area contributed by atoms with Gasteiger partial charge in [-0.3, -0.25) is 0 Å². The molecule has 0 aliphatic heterocycles. The monoisotopic (exact) mass is 614 g/mol. The van der Waals surface area contributed by atoms with E-state index in [2.05, 4.69) is 130 Å². The first kappa shape index (κ1) is 29.7. The molecule has 30 heavy (non-hydrogen) atoms. The first-order chi connectivity index (χ1) is 13.5. The van der Waals surface area contributed by atoms with Crippen LogP contribution in [-0.4, -0.2) is 24.2 Å². The Morgan fingerprint density at radius 3 is 1.13 bits per heavy atom. The van der Waals surface area contributed by atoms with E-state index < -0.39 is 24.2 Å². The Balaban J connectivity index is 0.000000528. The van der Waals surface area contributed by atoms with Gasteiger partial charge in [-0.15, -0.1) is 34.4 Å². The molecule has 0 radical (unpaired) electrons. The van der Waals surface area contributed by atoms with Crippen molar-refractivity contribution >= 4 is 78.8 Å². The van der Waals surface area contributed by atoms with Crippen LogP contribution in [0.25, 0.3) is 0 Å². The summed E-state index contributed by atoms with van der Waals surface area (Å²) in [6.07, 6.45) is 5.12. The second-order valence-corrected chi connectivity index (χ2v) is 27.1. The molecule has 0 amide bonds. The van der Waals surface area contributed by atoms with Crippen molar-refractivity contribution in [3.8, 4) is 34.9 Å². The maximum absolute atomic E-state index is 5.12. The molecule has 162 valence electrons. The van der Waals surface area contributed by atoms with Crippen LogP contribution in [0.3, 0.4) is 0 Å². The summed E-state index contributed by atoms with van der Waals surface area (Å²) in [6, 6.07) is 0. The van der Waals surface area contributed by atoms with Gasteiger partial charge < -0.3 is 0 Å². The third-order valence-corrected chi connectivity index (χ3v) is 9.36. The van der Waals surface area contributed by atoms with Gasteiger partial charge in [0.1, 0.15) is 24.2 Å². The molecule has 0 saturated heterocycles. The third-order valence-electron chi connectivity index (χ3n) is 2.81. The third kappa shape index (κ3) is 16.4. The number of hydrogen-bond acceptors (Lipinski definition) is 2. The van der Waals surface area contributed by atoms with Gasteiger partial charge in [0.05, 0.1) is 11.1 Å². The molecule has 2 rings (SSSR count). The highest BCUT2D eigenvalue weighted by Gasteiger charge is 2.10. The van der Waals surface area contributed by atoms with Crippen molar-refractivity contribution in [2.24, 2.45) is 0 Å². The highest BCUT2D eigenvalue weighted by molar-refractivity contribution is 9.13. The van der Waals surface area contributed by atoms with E-state index in [4.69, 9.17) is 6.42 Å². The quantitative estimate of drug-likeness (QED) is 0.205. The van der Waals surface area contributed by atoms with Gasteiger partial charge in [-0.1, -0.05) is 70.8 Å². The maximum Gasteiger partial charge on any atom is 0.129 e. The summed E-state index contributed by atoms with van der Waals surface area (Å²) in [6.45, 7) is 20.0. The molecule has 0 unspecified atom stereocenters. The van der Waals surface area contributed by atoms with E-state index in [1.807, 2.05) is 10.8 Å². The molecular weight excluding hydrogens is 584 g/mol. The van der Waals surface area contributed by atoms with Crippen LogP contribution >= 0.6 is 54.5 Å². The molecule has 2 aromatic rings. The lowest BCUT2D eigenvalue weighted by Crippen LogP contribution is -2.16. The van der Waals surface area contributed by atoms with Crippen LogP contribution in [0.5, 0.6) is 0 Å². The minimum atomic E-state index is -1.29. The van der Waals surface area contributed by atoms with E-state index in [-0.39, 0.29) is 0 Å². The highest BCUT2D eigenvalue weighted by Crippen LogP contribution is 2.25. The van der Waals surface area contributed by atoms with Crippen LogP contribution in [0, 0.1) is 34.9 Å². The van der Waals surface area contributed by atoms with Gasteiger partial charge in [0, 0.05) is 30.5 Å². The Kier molecular flexibility index (Phi) is 13.1. The fraction of sp³-hybridized carbons (Fsp3) is 0.391. The molecule has 7 heteroatoms. The zero-order valence-electron chi connectivity index (χ0n) is 19.5. The first-order valence-electron chi connectivity index (χ1n) is 9.51. The van der Waals surface area contributed by atoms with Crippen LogP contribution in [0.15, 0.2) is 30.5 Å². The van der Waals surface area contributed by atoms with E-state index in [9.17, 15) is 0 Å². The average Bonchev–Trinajstić information content (AvgIpc) is 3.19. The highest BCUT2D eigenvalue weighted by atomic mass is 79.9. The van der Waals surface area contributed by atoms with Gasteiger partial charge in [-0.2, -0.15) is 11.3 Å². The van der Waals surface area contributed by atoms with E-state index >= 15 is 0 Å². The number of terminal acetylenes is 1.